The second-order valence-electron chi connectivity index (χ2n) is 5.56. The largest absolute Gasteiger partial charge is 0.310 e. The van der Waals surface area contributed by atoms with E-state index in [1.54, 1.807) is 0 Å². The molecule has 0 radical (unpaired) electrons. The minimum absolute atomic E-state index is 0.406. The summed E-state index contributed by atoms with van der Waals surface area (Å²) < 4.78 is 4.32. The number of fused-ring (bicyclic) bond motifs is 1. The first kappa shape index (κ1) is 15.4. The molecule has 0 bridgehead atoms. The SMILES string of the molecule is CCc1nn(C)c2c1nc(CCCl)n2C(C)C(C)CC. The van der Waals surface area contributed by atoms with Crippen LogP contribution >= 0.6 is 11.6 Å². The summed E-state index contributed by atoms with van der Waals surface area (Å²) >= 11 is 5.96. The molecule has 0 aliphatic carbocycles. The van der Waals surface area contributed by atoms with Gasteiger partial charge in [-0.3, -0.25) is 4.68 Å². The molecule has 2 aromatic heterocycles. The van der Waals surface area contributed by atoms with Crippen LogP contribution in [-0.4, -0.2) is 25.2 Å². The monoisotopic (exact) mass is 296 g/mol. The van der Waals surface area contributed by atoms with E-state index in [4.69, 9.17) is 16.6 Å². The summed E-state index contributed by atoms with van der Waals surface area (Å²) in [5, 5.41) is 4.60. The molecule has 0 N–H and O–H groups in total. The molecule has 0 aromatic carbocycles. The van der Waals surface area contributed by atoms with Crippen molar-refractivity contribution in [2.24, 2.45) is 13.0 Å². The lowest BCUT2D eigenvalue weighted by atomic mass is 10.0. The third kappa shape index (κ3) is 2.46. The van der Waals surface area contributed by atoms with Crippen LogP contribution in [0.2, 0.25) is 0 Å². The normalized spacial score (nSPS) is 14.9. The number of hydrogen-bond donors (Lipinski definition) is 0. The molecule has 112 valence electrons. The summed E-state index contributed by atoms with van der Waals surface area (Å²) in [7, 11) is 2.01. The van der Waals surface area contributed by atoms with E-state index >= 15 is 0 Å². The van der Waals surface area contributed by atoms with Gasteiger partial charge < -0.3 is 4.57 Å². The first-order valence-electron chi connectivity index (χ1n) is 7.53. The van der Waals surface area contributed by atoms with Crippen LogP contribution in [0.15, 0.2) is 0 Å². The molecular formula is C15H25ClN4. The highest BCUT2D eigenvalue weighted by atomic mass is 35.5. The van der Waals surface area contributed by atoms with E-state index in [0.717, 1.165) is 41.9 Å². The lowest BCUT2D eigenvalue weighted by molar-refractivity contribution is 0.365. The highest BCUT2D eigenvalue weighted by molar-refractivity contribution is 6.17. The Labute approximate surface area is 126 Å². The van der Waals surface area contributed by atoms with Crippen LogP contribution < -0.4 is 0 Å². The predicted octanol–water partition coefficient (Wildman–Crippen LogP) is 3.72. The van der Waals surface area contributed by atoms with Gasteiger partial charge in [0.15, 0.2) is 5.65 Å². The molecule has 0 spiro atoms. The molecule has 0 fully saturated rings. The van der Waals surface area contributed by atoms with Gasteiger partial charge in [0.25, 0.3) is 0 Å². The fourth-order valence-electron chi connectivity index (χ4n) is 2.77. The average Bonchev–Trinajstić information content (AvgIpc) is 2.95. The Morgan fingerprint density at radius 3 is 2.50 bits per heavy atom. The molecular weight excluding hydrogens is 272 g/mol. The standard InChI is InChI=1S/C15H25ClN4/c1-6-10(3)11(4)20-13(8-9-16)17-14-12(7-2)18-19(5)15(14)20/h10-11H,6-9H2,1-5H3. The summed E-state index contributed by atoms with van der Waals surface area (Å²) in [6, 6.07) is 0.406. The average molecular weight is 297 g/mol. The molecule has 0 aliphatic heterocycles. The molecule has 2 heterocycles. The molecule has 0 saturated carbocycles. The maximum atomic E-state index is 5.96. The van der Waals surface area contributed by atoms with Gasteiger partial charge in [0, 0.05) is 25.4 Å². The van der Waals surface area contributed by atoms with E-state index in [1.807, 2.05) is 11.7 Å². The first-order chi connectivity index (χ1) is 9.54. The van der Waals surface area contributed by atoms with Crippen LogP contribution in [0, 0.1) is 5.92 Å². The van der Waals surface area contributed by atoms with Crippen molar-refractivity contribution in [2.75, 3.05) is 5.88 Å². The number of nitrogens with zero attached hydrogens (tertiary/aromatic N) is 4. The van der Waals surface area contributed by atoms with Gasteiger partial charge in [-0.1, -0.05) is 27.2 Å². The fourth-order valence-corrected chi connectivity index (χ4v) is 2.94. The molecule has 2 atom stereocenters. The maximum Gasteiger partial charge on any atom is 0.158 e. The number of rotatable bonds is 6. The molecule has 2 aromatic rings. The molecule has 20 heavy (non-hydrogen) atoms. The minimum atomic E-state index is 0.406. The number of aryl methyl sites for hydroxylation is 3. The van der Waals surface area contributed by atoms with Gasteiger partial charge in [-0.15, -0.1) is 11.6 Å². The smallest absolute Gasteiger partial charge is 0.158 e. The van der Waals surface area contributed by atoms with Gasteiger partial charge in [-0.05, 0) is 19.3 Å². The van der Waals surface area contributed by atoms with Crippen molar-refractivity contribution in [2.45, 2.75) is 53.0 Å². The van der Waals surface area contributed by atoms with Crippen LogP contribution in [0.1, 0.15) is 51.7 Å². The molecule has 0 saturated heterocycles. The zero-order chi connectivity index (χ0) is 14.9. The quantitative estimate of drug-likeness (QED) is 0.762. The Balaban J connectivity index is 2.64. The zero-order valence-electron chi connectivity index (χ0n) is 13.1. The number of halogens is 1. The van der Waals surface area contributed by atoms with Crippen LogP contribution in [0.3, 0.4) is 0 Å². The predicted molar refractivity (Wildman–Crippen MR) is 84.5 cm³/mol. The Morgan fingerprint density at radius 2 is 1.95 bits per heavy atom. The lowest BCUT2D eigenvalue weighted by Gasteiger charge is -2.23. The van der Waals surface area contributed by atoms with E-state index in [0.29, 0.717) is 17.8 Å². The number of alkyl halides is 1. The third-order valence-corrected chi connectivity index (χ3v) is 4.53. The van der Waals surface area contributed by atoms with E-state index in [-0.39, 0.29) is 0 Å². The van der Waals surface area contributed by atoms with E-state index in [1.165, 1.54) is 0 Å². The lowest BCUT2D eigenvalue weighted by Crippen LogP contribution is -2.18. The van der Waals surface area contributed by atoms with Crippen molar-refractivity contribution in [3.8, 4) is 0 Å². The maximum absolute atomic E-state index is 5.96. The molecule has 5 heteroatoms. The van der Waals surface area contributed by atoms with E-state index in [9.17, 15) is 0 Å². The highest BCUT2D eigenvalue weighted by Gasteiger charge is 2.23. The number of imidazole rings is 1. The van der Waals surface area contributed by atoms with Crippen LogP contribution in [0.4, 0.5) is 0 Å². The molecule has 4 nitrogen and oxygen atoms in total. The van der Waals surface area contributed by atoms with Crippen molar-refractivity contribution < 1.29 is 0 Å². The zero-order valence-corrected chi connectivity index (χ0v) is 13.9. The van der Waals surface area contributed by atoms with Gasteiger partial charge >= 0.3 is 0 Å². The van der Waals surface area contributed by atoms with Crippen LogP contribution in [-0.2, 0) is 19.9 Å². The molecule has 0 amide bonds. The highest BCUT2D eigenvalue weighted by Crippen LogP contribution is 2.29. The second-order valence-corrected chi connectivity index (χ2v) is 5.94. The number of aromatic nitrogens is 4. The Bertz CT molecular complexity index is 584. The Morgan fingerprint density at radius 1 is 1.25 bits per heavy atom. The van der Waals surface area contributed by atoms with E-state index < -0.39 is 0 Å². The summed E-state index contributed by atoms with van der Waals surface area (Å²) in [5.41, 5.74) is 3.26. The van der Waals surface area contributed by atoms with Crippen LogP contribution in [0.25, 0.3) is 11.2 Å². The first-order valence-corrected chi connectivity index (χ1v) is 8.07. The van der Waals surface area contributed by atoms with Crippen molar-refractivity contribution in [1.82, 2.24) is 19.3 Å². The number of hydrogen-bond acceptors (Lipinski definition) is 2. The summed E-state index contributed by atoms with van der Waals surface area (Å²) in [6.07, 6.45) is 2.87. The fraction of sp³-hybridized carbons (Fsp3) is 0.733. The van der Waals surface area contributed by atoms with Gasteiger partial charge in [-0.2, -0.15) is 5.10 Å². The van der Waals surface area contributed by atoms with Crippen molar-refractivity contribution in [3.05, 3.63) is 11.5 Å². The Kier molecular flexibility index (Phi) is 4.74. The van der Waals surface area contributed by atoms with Gasteiger partial charge in [0.2, 0.25) is 0 Å². The summed E-state index contributed by atoms with van der Waals surface area (Å²) in [4.78, 5) is 4.83. The van der Waals surface area contributed by atoms with Gasteiger partial charge in [0.1, 0.15) is 11.3 Å². The van der Waals surface area contributed by atoms with E-state index in [2.05, 4.69) is 37.4 Å². The summed E-state index contributed by atoms with van der Waals surface area (Å²) in [6.45, 7) is 8.92. The summed E-state index contributed by atoms with van der Waals surface area (Å²) in [5.74, 6) is 2.29. The Hall–Kier alpha value is -1.03. The molecule has 2 unspecified atom stereocenters. The molecule has 0 aliphatic rings. The van der Waals surface area contributed by atoms with Gasteiger partial charge in [-0.25, -0.2) is 4.98 Å². The van der Waals surface area contributed by atoms with Crippen molar-refractivity contribution in [3.63, 3.8) is 0 Å². The van der Waals surface area contributed by atoms with Gasteiger partial charge in [0.05, 0.1) is 5.69 Å². The topological polar surface area (TPSA) is 35.6 Å². The minimum Gasteiger partial charge on any atom is -0.310 e. The second kappa shape index (κ2) is 6.17. The van der Waals surface area contributed by atoms with Crippen molar-refractivity contribution in [1.29, 1.82) is 0 Å². The van der Waals surface area contributed by atoms with Crippen LogP contribution in [0.5, 0.6) is 0 Å². The third-order valence-electron chi connectivity index (χ3n) is 4.34. The molecule has 2 rings (SSSR count). The van der Waals surface area contributed by atoms with Crippen molar-refractivity contribution >= 4 is 22.8 Å².